The molecule has 66 valence electrons. The molecule has 1 aromatic carbocycles. The average Bonchev–Trinajstić information content (AvgIpc) is 2.17. The Hall–Kier alpha value is -1.41. The first-order valence-corrected chi connectivity index (χ1v) is 4.36. The van der Waals surface area contributed by atoms with E-state index in [1.54, 1.807) is 6.20 Å². The highest BCUT2D eigenvalue weighted by molar-refractivity contribution is 5.82. The molecule has 0 saturated heterocycles. The minimum Gasteiger partial charge on any atom is -0.324 e. The molecule has 13 heavy (non-hydrogen) atoms. The number of hydrogen-bond acceptors (Lipinski definition) is 2. The molecule has 0 aliphatic carbocycles. The molecule has 2 N–H and O–H groups in total. The fourth-order valence-corrected chi connectivity index (χ4v) is 1.39. The van der Waals surface area contributed by atoms with Crippen LogP contribution in [-0.4, -0.2) is 4.98 Å². The summed E-state index contributed by atoms with van der Waals surface area (Å²) in [5.74, 6) is 0. The maximum Gasteiger partial charge on any atom is 0.0346 e. The zero-order valence-electron chi connectivity index (χ0n) is 7.57. The van der Waals surface area contributed by atoms with Crippen molar-refractivity contribution in [2.24, 2.45) is 5.73 Å². The lowest BCUT2D eigenvalue weighted by molar-refractivity contribution is 0.820. The van der Waals surface area contributed by atoms with Crippen LogP contribution >= 0.6 is 0 Å². The third-order valence-corrected chi connectivity index (χ3v) is 2.19. The van der Waals surface area contributed by atoms with Gasteiger partial charge in [-0.05, 0) is 30.0 Å². The molecule has 1 heterocycles. The fourth-order valence-electron chi connectivity index (χ4n) is 1.39. The molecule has 2 rings (SSSR count). The molecule has 2 aromatic rings. The Labute approximate surface area is 77.4 Å². The van der Waals surface area contributed by atoms with Gasteiger partial charge in [0.2, 0.25) is 0 Å². The summed E-state index contributed by atoms with van der Waals surface area (Å²) in [7, 11) is 0. The van der Waals surface area contributed by atoms with Gasteiger partial charge in [0.15, 0.2) is 0 Å². The lowest BCUT2D eigenvalue weighted by Crippen LogP contribution is -2.04. The van der Waals surface area contributed by atoms with Gasteiger partial charge in [-0.15, -0.1) is 0 Å². The zero-order valence-corrected chi connectivity index (χ0v) is 7.57. The van der Waals surface area contributed by atoms with Gasteiger partial charge in [0, 0.05) is 23.8 Å². The van der Waals surface area contributed by atoms with Crippen LogP contribution in [0.1, 0.15) is 18.5 Å². The van der Waals surface area contributed by atoms with Gasteiger partial charge in [0.25, 0.3) is 0 Å². The summed E-state index contributed by atoms with van der Waals surface area (Å²) in [6, 6.07) is 8.32. The molecule has 0 unspecified atom stereocenters. The lowest BCUT2D eigenvalue weighted by Gasteiger charge is -2.06. The Bertz CT molecular complexity index is 421. The minimum atomic E-state index is 0.0950. The van der Waals surface area contributed by atoms with Gasteiger partial charge in [-0.3, -0.25) is 4.98 Å². The minimum absolute atomic E-state index is 0.0950. The van der Waals surface area contributed by atoms with Crippen LogP contribution in [0.25, 0.3) is 10.8 Å². The molecule has 2 nitrogen and oxygen atoms in total. The summed E-state index contributed by atoms with van der Waals surface area (Å²) in [4.78, 5) is 4.06. The SMILES string of the molecule is C[C@@H](N)c1ccc2cnccc2c1. The van der Waals surface area contributed by atoms with E-state index in [1.807, 2.05) is 19.2 Å². The highest BCUT2D eigenvalue weighted by Crippen LogP contribution is 2.17. The van der Waals surface area contributed by atoms with Gasteiger partial charge in [-0.25, -0.2) is 0 Å². The van der Waals surface area contributed by atoms with E-state index in [9.17, 15) is 0 Å². The first-order valence-electron chi connectivity index (χ1n) is 4.36. The number of pyridine rings is 1. The number of benzene rings is 1. The number of fused-ring (bicyclic) bond motifs is 1. The van der Waals surface area contributed by atoms with Crippen LogP contribution in [0.15, 0.2) is 36.7 Å². The second-order valence-corrected chi connectivity index (χ2v) is 3.27. The van der Waals surface area contributed by atoms with E-state index in [0.29, 0.717) is 0 Å². The maximum absolute atomic E-state index is 5.79. The number of nitrogens with two attached hydrogens (primary N) is 1. The molecular formula is C11H12N2. The van der Waals surface area contributed by atoms with E-state index >= 15 is 0 Å². The van der Waals surface area contributed by atoms with Crippen molar-refractivity contribution >= 4 is 10.8 Å². The molecular weight excluding hydrogens is 160 g/mol. The van der Waals surface area contributed by atoms with Crippen molar-refractivity contribution in [2.75, 3.05) is 0 Å². The van der Waals surface area contributed by atoms with Gasteiger partial charge in [0.1, 0.15) is 0 Å². The van der Waals surface area contributed by atoms with Crippen LogP contribution in [0.2, 0.25) is 0 Å². The predicted octanol–water partition coefficient (Wildman–Crippen LogP) is 2.25. The summed E-state index contributed by atoms with van der Waals surface area (Å²) in [5, 5.41) is 2.36. The van der Waals surface area contributed by atoms with Crippen LogP contribution in [0.5, 0.6) is 0 Å². The predicted molar refractivity (Wildman–Crippen MR) is 54.3 cm³/mol. The van der Waals surface area contributed by atoms with E-state index < -0.39 is 0 Å². The molecule has 0 amide bonds. The normalized spacial score (nSPS) is 13.1. The van der Waals surface area contributed by atoms with Crippen molar-refractivity contribution in [1.29, 1.82) is 0 Å². The van der Waals surface area contributed by atoms with Crippen molar-refractivity contribution in [1.82, 2.24) is 4.98 Å². The van der Waals surface area contributed by atoms with E-state index in [4.69, 9.17) is 5.73 Å². The standard InChI is InChI=1S/C11H12N2/c1-8(12)9-2-3-11-7-13-5-4-10(11)6-9/h2-8H,12H2,1H3/t8-/m1/s1. The van der Waals surface area contributed by atoms with Gasteiger partial charge in [-0.2, -0.15) is 0 Å². The van der Waals surface area contributed by atoms with Crippen molar-refractivity contribution in [3.05, 3.63) is 42.2 Å². The maximum atomic E-state index is 5.79. The van der Waals surface area contributed by atoms with Crippen LogP contribution in [0.3, 0.4) is 0 Å². The second kappa shape index (κ2) is 3.15. The van der Waals surface area contributed by atoms with Crippen LogP contribution < -0.4 is 5.73 Å². The molecule has 0 aliphatic rings. The number of aromatic nitrogens is 1. The topological polar surface area (TPSA) is 38.9 Å². The number of rotatable bonds is 1. The van der Waals surface area contributed by atoms with E-state index in [1.165, 1.54) is 10.9 Å². The third kappa shape index (κ3) is 1.53. The molecule has 1 aromatic heterocycles. The van der Waals surface area contributed by atoms with E-state index in [0.717, 1.165) is 5.39 Å². The van der Waals surface area contributed by atoms with Gasteiger partial charge in [-0.1, -0.05) is 12.1 Å². The van der Waals surface area contributed by atoms with E-state index in [2.05, 4.69) is 23.2 Å². The summed E-state index contributed by atoms with van der Waals surface area (Å²) in [5.41, 5.74) is 6.95. The fraction of sp³-hybridized carbons (Fsp3) is 0.182. The smallest absolute Gasteiger partial charge is 0.0346 e. The van der Waals surface area contributed by atoms with Gasteiger partial charge in [0.05, 0.1) is 0 Å². The van der Waals surface area contributed by atoms with Crippen LogP contribution in [-0.2, 0) is 0 Å². The molecule has 0 spiro atoms. The van der Waals surface area contributed by atoms with Crippen molar-refractivity contribution in [3.8, 4) is 0 Å². The average molecular weight is 172 g/mol. The first kappa shape index (κ1) is 8.20. The van der Waals surface area contributed by atoms with Crippen molar-refractivity contribution in [3.63, 3.8) is 0 Å². The van der Waals surface area contributed by atoms with Crippen molar-refractivity contribution in [2.45, 2.75) is 13.0 Å². The molecule has 1 atom stereocenters. The Balaban J connectivity index is 2.62. The van der Waals surface area contributed by atoms with Gasteiger partial charge >= 0.3 is 0 Å². The first-order chi connectivity index (χ1) is 6.27. The van der Waals surface area contributed by atoms with Gasteiger partial charge < -0.3 is 5.73 Å². The number of nitrogens with zero attached hydrogens (tertiary/aromatic N) is 1. The molecule has 0 bridgehead atoms. The summed E-state index contributed by atoms with van der Waals surface area (Å²) in [6.07, 6.45) is 3.66. The van der Waals surface area contributed by atoms with Crippen LogP contribution in [0, 0.1) is 0 Å². The molecule has 2 heteroatoms. The highest BCUT2D eigenvalue weighted by atomic mass is 14.6. The quantitative estimate of drug-likeness (QED) is 0.716. The Morgan fingerprint density at radius 1 is 1.23 bits per heavy atom. The monoisotopic (exact) mass is 172 g/mol. The van der Waals surface area contributed by atoms with Crippen molar-refractivity contribution < 1.29 is 0 Å². The summed E-state index contributed by atoms with van der Waals surface area (Å²) >= 11 is 0. The molecule has 0 radical (unpaired) electrons. The Kier molecular flexibility index (Phi) is 1.99. The Morgan fingerprint density at radius 2 is 2.08 bits per heavy atom. The summed E-state index contributed by atoms with van der Waals surface area (Å²) < 4.78 is 0. The Morgan fingerprint density at radius 3 is 2.85 bits per heavy atom. The third-order valence-electron chi connectivity index (χ3n) is 2.19. The number of hydrogen-bond donors (Lipinski definition) is 1. The summed E-state index contributed by atoms with van der Waals surface area (Å²) in [6.45, 7) is 1.99. The van der Waals surface area contributed by atoms with Crippen LogP contribution in [0.4, 0.5) is 0 Å². The second-order valence-electron chi connectivity index (χ2n) is 3.27. The molecule has 0 fully saturated rings. The zero-order chi connectivity index (χ0) is 9.26. The largest absolute Gasteiger partial charge is 0.324 e. The molecule has 0 aliphatic heterocycles. The van der Waals surface area contributed by atoms with E-state index in [-0.39, 0.29) is 6.04 Å². The highest BCUT2D eigenvalue weighted by Gasteiger charge is 1.99. The molecule has 0 saturated carbocycles. The lowest BCUT2D eigenvalue weighted by atomic mass is 10.1.